The molecule has 20 heavy (non-hydrogen) atoms. The van der Waals surface area contributed by atoms with E-state index >= 15 is 0 Å². The predicted molar refractivity (Wildman–Crippen MR) is 80.8 cm³/mol. The third-order valence-corrected chi connectivity index (χ3v) is 3.63. The van der Waals surface area contributed by atoms with Crippen LogP contribution in [0.2, 0.25) is 5.02 Å². The van der Waals surface area contributed by atoms with Crippen molar-refractivity contribution < 1.29 is 4.39 Å². The first-order valence-electron chi connectivity index (χ1n) is 6.80. The van der Waals surface area contributed by atoms with Crippen LogP contribution in [0.1, 0.15) is 30.8 Å². The number of nitrogens with one attached hydrogen (secondary N) is 1. The fourth-order valence-electron chi connectivity index (χ4n) is 2.21. The molecule has 0 aliphatic heterocycles. The summed E-state index contributed by atoms with van der Waals surface area (Å²) < 4.78 is 15.2. The van der Waals surface area contributed by atoms with Gasteiger partial charge >= 0.3 is 0 Å². The van der Waals surface area contributed by atoms with Crippen molar-refractivity contribution in [3.8, 4) is 0 Å². The first-order chi connectivity index (χ1) is 9.55. The smallest absolute Gasteiger partial charge is 0.125 e. The molecular weight excluding hydrogens is 277 g/mol. The lowest BCUT2D eigenvalue weighted by Crippen LogP contribution is -2.08. The molecule has 0 atom stereocenters. The van der Waals surface area contributed by atoms with Gasteiger partial charge in [-0.05, 0) is 44.0 Å². The van der Waals surface area contributed by atoms with Crippen LogP contribution in [0.5, 0.6) is 0 Å². The van der Waals surface area contributed by atoms with E-state index in [1.54, 1.807) is 0 Å². The van der Waals surface area contributed by atoms with E-state index < -0.39 is 0 Å². The molecule has 0 saturated carbocycles. The first kappa shape index (κ1) is 14.9. The SMILES string of the molecule is CCc1nn(CC)c(CNc2cc(C)cc(F)c2)c1Cl. The van der Waals surface area contributed by atoms with Crippen LogP contribution >= 0.6 is 11.6 Å². The second kappa shape index (κ2) is 6.27. The molecule has 0 saturated heterocycles. The first-order valence-corrected chi connectivity index (χ1v) is 7.18. The van der Waals surface area contributed by atoms with Gasteiger partial charge in [0.05, 0.1) is 23.0 Å². The van der Waals surface area contributed by atoms with Crippen molar-refractivity contribution in [2.24, 2.45) is 0 Å². The zero-order chi connectivity index (χ0) is 14.7. The Morgan fingerprint density at radius 2 is 2.05 bits per heavy atom. The maximum absolute atomic E-state index is 13.4. The Bertz CT molecular complexity index is 587. The van der Waals surface area contributed by atoms with Crippen molar-refractivity contribution in [3.05, 3.63) is 46.0 Å². The number of anilines is 1. The number of aromatic nitrogens is 2. The van der Waals surface area contributed by atoms with Crippen LogP contribution in [-0.4, -0.2) is 9.78 Å². The van der Waals surface area contributed by atoms with Crippen molar-refractivity contribution in [2.45, 2.75) is 40.3 Å². The number of hydrogen-bond donors (Lipinski definition) is 1. The number of benzene rings is 1. The van der Waals surface area contributed by atoms with E-state index in [2.05, 4.69) is 10.4 Å². The number of hydrogen-bond acceptors (Lipinski definition) is 2. The van der Waals surface area contributed by atoms with Crippen LogP contribution in [0.4, 0.5) is 10.1 Å². The van der Waals surface area contributed by atoms with E-state index in [4.69, 9.17) is 11.6 Å². The Morgan fingerprint density at radius 3 is 2.65 bits per heavy atom. The van der Waals surface area contributed by atoms with Crippen molar-refractivity contribution in [1.29, 1.82) is 0 Å². The number of nitrogens with zero attached hydrogens (tertiary/aromatic N) is 2. The fourth-order valence-corrected chi connectivity index (χ4v) is 2.55. The minimum atomic E-state index is -0.239. The molecule has 2 aromatic rings. The summed E-state index contributed by atoms with van der Waals surface area (Å²) >= 11 is 6.34. The summed E-state index contributed by atoms with van der Waals surface area (Å²) in [5.41, 5.74) is 3.48. The van der Waals surface area contributed by atoms with Gasteiger partial charge in [0.15, 0.2) is 0 Å². The summed E-state index contributed by atoms with van der Waals surface area (Å²) in [5, 5.41) is 8.38. The second-order valence-corrected chi connectivity index (χ2v) is 5.13. The van der Waals surface area contributed by atoms with Crippen LogP contribution < -0.4 is 5.32 Å². The molecule has 5 heteroatoms. The summed E-state index contributed by atoms with van der Waals surface area (Å²) in [6.07, 6.45) is 0.803. The summed E-state index contributed by atoms with van der Waals surface area (Å²) in [4.78, 5) is 0. The highest BCUT2D eigenvalue weighted by atomic mass is 35.5. The van der Waals surface area contributed by atoms with Crippen molar-refractivity contribution >= 4 is 17.3 Å². The minimum absolute atomic E-state index is 0.239. The van der Waals surface area contributed by atoms with E-state index in [9.17, 15) is 4.39 Å². The van der Waals surface area contributed by atoms with Gasteiger partial charge in [0.1, 0.15) is 5.82 Å². The molecule has 0 radical (unpaired) electrons. The Balaban J connectivity index is 2.20. The van der Waals surface area contributed by atoms with Crippen LogP contribution in [-0.2, 0) is 19.5 Å². The highest BCUT2D eigenvalue weighted by Gasteiger charge is 2.13. The van der Waals surface area contributed by atoms with Crippen LogP contribution in [0.25, 0.3) is 0 Å². The fraction of sp³-hybridized carbons (Fsp3) is 0.400. The molecule has 0 aliphatic carbocycles. The molecule has 0 aliphatic rings. The summed E-state index contributed by atoms with van der Waals surface area (Å²) in [6.45, 7) is 7.22. The third-order valence-electron chi connectivity index (χ3n) is 3.20. The maximum atomic E-state index is 13.4. The molecule has 2 rings (SSSR count). The maximum Gasteiger partial charge on any atom is 0.125 e. The normalized spacial score (nSPS) is 10.8. The van der Waals surface area contributed by atoms with Gasteiger partial charge in [-0.15, -0.1) is 0 Å². The third kappa shape index (κ3) is 3.12. The molecule has 1 N–H and O–H groups in total. The summed E-state index contributed by atoms with van der Waals surface area (Å²) in [6, 6.07) is 4.89. The lowest BCUT2D eigenvalue weighted by Gasteiger charge is -2.09. The highest BCUT2D eigenvalue weighted by Crippen LogP contribution is 2.23. The monoisotopic (exact) mass is 295 g/mol. The van der Waals surface area contributed by atoms with Gasteiger partial charge < -0.3 is 5.32 Å². The lowest BCUT2D eigenvalue weighted by atomic mass is 10.2. The van der Waals surface area contributed by atoms with Crippen LogP contribution in [0.3, 0.4) is 0 Å². The van der Waals surface area contributed by atoms with Crippen molar-refractivity contribution in [2.75, 3.05) is 5.32 Å². The Hall–Kier alpha value is -1.55. The summed E-state index contributed by atoms with van der Waals surface area (Å²) in [5.74, 6) is -0.239. The molecule has 0 fully saturated rings. The molecule has 1 aromatic heterocycles. The van der Waals surface area contributed by atoms with E-state index in [0.717, 1.165) is 35.6 Å². The van der Waals surface area contributed by atoms with Crippen LogP contribution in [0, 0.1) is 12.7 Å². The van der Waals surface area contributed by atoms with Gasteiger partial charge in [0.2, 0.25) is 0 Å². The second-order valence-electron chi connectivity index (χ2n) is 4.75. The lowest BCUT2D eigenvalue weighted by molar-refractivity contribution is 0.618. The minimum Gasteiger partial charge on any atom is -0.379 e. The van der Waals surface area contributed by atoms with Gasteiger partial charge in [-0.3, -0.25) is 4.68 Å². The van der Waals surface area contributed by atoms with Crippen LogP contribution in [0.15, 0.2) is 18.2 Å². The summed E-state index contributed by atoms with van der Waals surface area (Å²) in [7, 11) is 0. The van der Waals surface area contributed by atoms with E-state index in [1.807, 2.05) is 31.5 Å². The molecule has 1 heterocycles. The quantitative estimate of drug-likeness (QED) is 0.897. The zero-order valence-corrected chi connectivity index (χ0v) is 12.8. The Morgan fingerprint density at radius 1 is 1.30 bits per heavy atom. The standard InChI is InChI=1S/C15H19ClFN3/c1-4-13-15(16)14(20(5-2)19-13)9-18-12-7-10(3)6-11(17)8-12/h6-8,18H,4-5,9H2,1-3H3. The van der Waals surface area contributed by atoms with Crippen molar-refractivity contribution in [1.82, 2.24) is 9.78 Å². The molecule has 1 aromatic carbocycles. The number of aryl methyl sites for hydroxylation is 3. The predicted octanol–water partition coefficient (Wildman–Crippen LogP) is 4.18. The average molecular weight is 296 g/mol. The molecule has 108 valence electrons. The van der Waals surface area contributed by atoms with Gasteiger partial charge in [-0.2, -0.15) is 5.10 Å². The van der Waals surface area contributed by atoms with E-state index in [0.29, 0.717) is 11.6 Å². The van der Waals surface area contributed by atoms with Gasteiger partial charge in [0.25, 0.3) is 0 Å². The van der Waals surface area contributed by atoms with E-state index in [-0.39, 0.29) is 5.82 Å². The molecule has 0 amide bonds. The molecular formula is C15H19ClFN3. The van der Waals surface area contributed by atoms with Gasteiger partial charge in [-0.25, -0.2) is 4.39 Å². The Kier molecular flexibility index (Phi) is 4.65. The van der Waals surface area contributed by atoms with Gasteiger partial charge in [0, 0.05) is 12.2 Å². The number of rotatable bonds is 5. The molecule has 0 spiro atoms. The number of halogens is 2. The average Bonchev–Trinajstić information content (AvgIpc) is 2.71. The molecule has 0 unspecified atom stereocenters. The largest absolute Gasteiger partial charge is 0.379 e. The van der Waals surface area contributed by atoms with Gasteiger partial charge in [-0.1, -0.05) is 18.5 Å². The highest BCUT2D eigenvalue weighted by molar-refractivity contribution is 6.31. The molecule has 3 nitrogen and oxygen atoms in total. The van der Waals surface area contributed by atoms with E-state index in [1.165, 1.54) is 12.1 Å². The van der Waals surface area contributed by atoms with Crippen molar-refractivity contribution in [3.63, 3.8) is 0 Å². The molecule has 0 bridgehead atoms. The zero-order valence-electron chi connectivity index (χ0n) is 12.0. The Labute approximate surface area is 123 Å². The topological polar surface area (TPSA) is 29.9 Å².